The standard InChI is InChI=1S/C29H31O4P/c30-28(22-34(31)32)24-18-16-23(17-19-24)20-21-33-29(25-10-4-1-5-11-25,26-12-6-2-7-13-26)27-14-8-3-9-15-27/h1-15,20,24,31-32H,16-19,21-22H2. The molecule has 1 aliphatic rings. The third-order valence-corrected chi connectivity index (χ3v) is 7.19. The summed E-state index contributed by atoms with van der Waals surface area (Å²) in [5, 5.41) is 0. The molecule has 4 nitrogen and oxygen atoms in total. The monoisotopic (exact) mass is 474 g/mol. The Kier molecular flexibility index (Phi) is 8.42. The summed E-state index contributed by atoms with van der Waals surface area (Å²) < 4.78 is 6.81. The van der Waals surface area contributed by atoms with E-state index in [9.17, 15) is 4.79 Å². The molecule has 4 rings (SSSR count). The fourth-order valence-corrected chi connectivity index (χ4v) is 5.37. The molecule has 0 amide bonds. The number of ether oxygens (including phenoxy) is 1. The van der Waals surface area contributed by atoms with Crippen LogP contribution in [-0.2, 0) is 15.1 Å². The molecule has 34 heavy (non-hydrogen) atoms. The molecule has 0 heterocycles. The minimum absolute atomic E-state index is 0.0253. The number of ketones is 1. The Labute approximate surface area is 202 Å². The number of rotatable bonds is 9. The second-order valence-corrected chi connectivity index (χ2v) is 9.78. The molecule has 0 bridgehead atoms. The fraction of sp³-hybridized carbons (Fsp3) is 0.276. The lowest BCUT2D eigenvalue weighted by atomic mass is 9.80. The molecule has 0 aliphatic heterocycles. The van der Waals surface area contributed by atoms with E-state index in [4.69, 9.17) is 14.5 Å². The van der Waals surface area contributed by atoms with Crippen LogP contribution in [0.4, 0.5) is 0 Å². The van der Waals surface area contributed by atoms with Crippen LogP contribution < -0.4 is 0 Å². The van der Waals surface area contributed by atoms with Crippen LogP contribution in [-0.4, -0.2) is 28.3 Å². The van der Waals surface area contributed by atoms with Gasteiger partial charge in [-0.3, -0.25) is 4.79 Å². The summed E-state index contributed by atoms with van der Waals surface area (Å²) in [6.07, 6.45) is 5.24. The molecule has 0 spiro atoms. The normalized spacial score (nSPS) is 16.4. The molecule has 0 atom stereocenters. The largest absolute Gasteiger partial charge is 0.357 e. The van der Waals surface area contributed by atoms with E-state index in [-0.39, 0.29) is 17.9 Å². The number of carbonyl (C=O) groups is 1. The summed E-state index contributed by atoms with van der Waals surface area (Å²) >= 11 is 0. The minimum Gasteiger partial charge on any atom is -0.357 e. The van der Waals surface area contributed by atoms with E-state index < -0.39 is 14.0 Å². The average molecular weight is 475 g/mol. The highest BCUT2D eigenvalue weighted by molar-refractivity contribution is 7.46. The van der Waals surface area contributed by atoms with Crippen molar-refractivity contribution in [1.82, 2.24) is 0 Å². The van der Waals surface area contributed by atoms with Gasteiger partial charge in [0.25, 0.3) is 0 Å². The molecule has 1 saturated carbocycles. The van der Waals surface area contributed by atoms with Crippen molar-refractivity contribution >= 4 is 14.2 Å². The van der Waals surface area contributed by atoms with Crippen LogP contribution in [0.5, 0.6) is 0 Å². The number of Topliss-reactive ketones (excluding diaryl/α,β-unsaturated/α-hetero) is 1. The highest BCUT2D eigenvalue weighted by Crippen LogP contribution is 2.40. The fourth-order valence-electron chi connectivity index (χ4n) is 4.84. The van der Waals surface area contributed by atoms with Crippen molar-refractivity contribution in [1.29, 1.82) is 0 Å². The van der Waals surface area contributed by atoms with Crippen LogP contribution in [0.15, 0.2) is 103 Å². The maximum Gasteiger partial charge on any atom is 0.172 e. The molecular weight excluding hydrogens is 443 g/mol. The van der Waals surface area contributed by atoms with Gasteiger partial charge >= 0.3 is 0 Å². The summed E-state index contributed by atoms with van der Waals surface area (Å²) in [5.41, 5.74) is 3.77. The Morgan fingerprint density at radius 3 is 1.68 bits per heavy atom. The van der Waals surface area contributed by atoms with E-state index >= 15 is 0 Å². The quantitative estimate of drug-likeness (QED) is 0.228. The SMILES string of the molecule is O=C(CP(O)O)C1CCC(=CCOC(c2ccccc2)(c2ccccc2)c2ccccc2)CC1. The van der Waals surface area contributed by atoms with Gasteiger partial charge < -0.3 is 14.5 Å². The van der Waals surface area contributed by atoms with Crippen LogP contribution in [0.3, 0.4) is 0 Å². The zero-order valence-corrected chi connectivity index (χ0v) is 20.1. The number of carbonyl (C=O) groups excluding carboxylic acids is 1. The van der Waals surface area contributed by atoms with E-state index in [1.165, 1.54) is 5.57 Å². The van der Waals surface area contributed by atoms with E-state index in [1.54, 1.807) is 0 Å². The predicted molar refractivity (Wildman–Crippen MR) is 136 cm³/mol. The molecular formula is C29H31O4P. The number of allylic oxidation sites excluding steroid dienone is 1. The van der Waals surface area contributed by atoms with Gasteiger partial charge in [0.05, 0.1) is 12.8 Å². The van der Waals surface area contributed by atoms with Gasteiger partial charge in [-0.05, 0) is 42.4 Å². The van der Waals surface area contributed by atoms with Crippen LogP contribution in [0.25, 0.3) is 0 Å². The van der Waals surface area contributed by atoms with E-state index in [0.29, 0.717) is 6.61 Å². The molecule has 1 fully saturated rings. The van der Waals surface area contributed by atoms with Gasteiger partial charge in [0.15, 0.2) is 8.38 Å². The molecule has 1 aliphatic carbocycles. The van der Waals surface area contributed by atoms with Crippen LogP contribution in [0, 0.1) is 5.92 Å². The molecule has 3 aromatic rings. The molecule has 0 aromatic heterocycles. The Balaban J connectivity index is 1.58. The molecule has 176 valence electrons. The van der Waals surface area contributed by atoms with Gasteiger partial charge in [0.2, 0.25) is 0 Å². The number of benzene rings is 3. The lowest BCUT2D eigenvalue weighted by molar-refractivity contribution is -0.121. The van der Waals surface area contributed by atoms with Gasteiger partial charge in [-0.1, -0.05) is 103 Å². The van der Waals surface area contributed by atoms with E-state index in [1.807, 2.05) is 54.6 Å². The van der Waals surface area contributed by atoms with Crippen molar-refractivity contribution in [2.45, 2.75) is 31.3 Å². The van der Waals surface area contributed by atoms with Gasteiger partial charge in [-0.2, -0.15) is 0 Å². The third-order valence-electron chi connectivity index (χ3n) is 6.59. The summed E-state index contributed by atoms with van der Waals surface area (Å²) in [6, 6.07) is 31.0. The second kappa shape index (κ2) is 11.7. The van der Waals surface area contributed by atoms with Crippen molar-refractivity contribution in [3.8, 4) is 0 Å². The van der Waals surface area contributed by atoms with Crippen LogP contribution >= 0.6 is 8.38 Å². The van der Waals surface area contributed by atoms with Crippen LogP contribution in [0.1, 0.15) is 42.4 Å². The summed E-state index contributed by atoms with van der Waals surface area (Å²) in [4.78, 5) is 30.5. The Morgan fingerprint density at radius 2 is 1.26 bits per heavy atom. The highest BCUT2D eigenvalue weighted by Gasteiger charge is 2.37. The zero-order chi connectivity index (χ0) is 23.8. The first kappa shape index (κ1) is 24.5. The number of hydrogen-bond donors (Lipinski definition) is 2. The highest BCUT2D eigenvalue weighted by atomic mass is 31.2. The maximum atomic E-state index is 12.2. The molecule has 5 heteroatoms. The number of hydrogen-bond acceptors (Lipinski definition) is 4. The Morgan fingerprint density at radius 1 is 0.824 bits per heavy atom. The predicted octanol–water partition coefficient (Wildman–Crippen LogP) is 5.98. The first-order valence-corrected chi connectivity index (χ1v) is 13.2. The Bertz CT molecular complexity index is 974. The molecule has 2 N–H and O–H groups in total. The van der Waals surface area contributed by atoms with Crippen molar-refractivity contribution in [2.75, 3.05) is 12.8 Å². The molecule has 0 unspecified atom stereocenters. The van der Waals surface area contributed by atoms with Crippen molar-refractivity contribution in [3.05, 3.63) is 119 Å². The lowest BCUT2D eigenvalue weighted by Gasteiger charge is -2.36. The summed E-state index contributed by atoms with van der Waals surface area (Å²) in [5.74, 6) is -0.0953. The smallest absolute Gasteiger partial charge is 0.172 e. The third kappa shape index (κ3) is 5.71. The molecule has 0 radical (unpaired) electrons. The average Bonchev–Trinajstić information content (AvgIpc) is 2.88. The maximum absolute atomic E-state index is 12.2. The topological polar surface area (TPSA) is 66.8 Å². The van der Waals surface area contributed by atoms with Crippen molar-refractivity contribution in [2.24, 2.45) is 5.92 Å². The Hall–Kier alpha value is -2.62. The summed E-state index contributed by atoms with van der Waals surface area (Å²) in [7, 11) is -2.15. The molecule has 3 aromatic carbocycles. The first-order valence-electron chi connectivity index (χ1n) is 11.8. The van der Waals surface area contributed by atoms with E-state index in [0.717, 1.165) is 42.4 Å². The van der Waals surface area contributed by atoms with Crippen molar-refractivity contribution < 1.29 is 19.3 Å². The first-order chi connectivity index (χ1) is 16.6. The lowest BCUT2D eigenvalue weighted by Crippen LogP contribution is -2.33. The summed E-state index contributed by atoms with van der Waals surface area (Å²) in [6.45, 7) is 0.450. The van der Waals surface area contributed by atoms with Gasteiger partial charge in [-0.25, -0.2) is 0 Å². The van der Waals surface area contributed by atoms with Gasteiger partial charge in [0, 0.05) is 5.92 Å². The van der Waals surface area contributed by atoms with E-state index in [2.05, 4.69) is 42.5 Å². The molecule has 0 saturated heterocycles. The van der Waals surface area contributed by atoms with Crippen molar-refractivity contribution in [3.63, 3.8) is 0 Å². The van der Waals surface area contributed by atoms with Gasteiger partial charge in [-0.15, -0.1) is 0 Å². The second-order valence-electron chi connectivity index (χ2n) is 8.72. The van der Waals surface area contributed by atoms with Crippen LogP contribution in [0.2, 0.25) is 0 Å². The van der Waals surface area contributed by atoms with Gasteiger partial charge in [0.1, 0.15) is 11.4 Å². The zero-order valence-electron chi connectivity index (χ0n) is 19.2. The minimum atomic E-state index is -2.15.